The van der Waals surface area contributed by atoms with Gasteiger partial charge in [0.1, 0.15) is 0 Å². The summed E-state index contributed by atoms with van der Waals surface area (Å²) < 4.78 is 54.4. The predicted molar refractivity (Wildman–Crippen MR) is 118 cm³/mol. The third-order valence-electron chi connectivity index (χ3n) is 4.39. The van der Waals surface area contributed by atoms with E-state index in [4.69, 9.17) is 16.0 Å². The highest BCUT2D eigenvalue weighted by atomic mass is 35.5. The molecule has 0 saturated heterocycles. The van der Waals surface area contributed by atoms with Gasteiger partial charge >= 0.3 is 6.01 Å². The first-order valence-corrected chi connectivity index (χ1v) is 13.2. The predicted octanol–water partition coefficient (Wildman–Crippen LogP) is 2.93. The number of carbonyl (C=O) groups excluding carboxylic acids is 1. The van der Waals surface area contributed by atoms with Crippen molar-refractivity contribution in [2.75, 3.05) is 16.8 Å². The zero-order valence-corrected chi connectivity index (χ0v) is 19.2. The largest absolute Gasteiger partial charge is 0.408 e. The minimum atomic E-state index is -3.53. The Morgan fingerprint density at radius 1 is 0.875 bits per heavy atom. The molecule has 0 atom stereocenters. The van der Waals surface area contributed by atoms with Gasteiger partial charge in [0.15, 0.2) is 19.7 Å². The van der Waals surface area contributed by atoms with Crippen LogP contribution in [0.25, 0.3) is 0 Å². The number of nitrogens with one attached hydrogen (secondary N) is 1. The summed E-state index contributed by atoms with van der Waals surface area (Å²) in [6.07, 6.45) is -0.000536. The Kier molecular flexibility index (Phi) is 7.64. The van der Waals surface area contributed by atoms with Gasteiger partial charge in [-0.1, -0.05) is 34.9 Å². The van der Waals surface area contributed by atoms with Crippen LogP contribution >= 0.6 is 11.6 Å². The number of nitrogens with zero attached hydrogens (tertiary/aromatic N) is 2. The number of hydrogen-bond acceptors (Lipinski definition) is 8. The van der Waals surface area contributed by atoms with Crippen molar-refractivity contribution >= 4 is 43.2 Å². The Hall–Kier alpha value is -2.76. The number of rotatable bonds is 10. The van der Waals surface area contributed by atoms with Gasteiger partial charge in [0, 0.05) is 17.9 Å². The van der Waals surface area contributed by atoms with Gasteiger partial charge < -0.3 is 4.42 Å². The molecule has 0 aliphatic carbocycles. The molecule has 0 bridgehead atoms. The molecule has 0 aliphatic rings. The summed E-state index contributed by atoms with van der Waals surface area (Å²) in [5.41, 5.74) is 0. The van der Waals surface area contributed by atoms with Crippen molar-refractivity contribution < 1.29 is 26.0 Å². The molecule has 1 amide bonds. The Morgan fingerprint density at radius 2 is 1.50 bits per heavy atom. The van der Waals surface area contributed by atoms with Crippen molar-refractivity contribution in [1.29, 1.82) is 0 Å². The van der Waals surface area contributed by atoms with Gasteiger partial charge in [-0.2, -0.15) is 0 Å². The molecule has 12 heteroatoms. The maximum Gasteiger partial charge on any atom is 0.322 e. The quantitative estimate of drug-likeness (QED) is 0.451. The van der Waals surface area contributed by atoms with Crippen molar-refractivity contribution in [1.82, 2.24) is 10.2 Å². The van der Waals surface area contributed by atoms with Crippen LogP contribution in [0.2, 0.25) is 5.02 Å². The van der Waals surface area contributed by atoms with Crippen LogP contribution in [0.4, 0.5) is 6.01 Å². The zero-order valence-electron chi connectivity index (χ0n) is 16.8. The first kappa shape index (κ1) is 23.9. The number of hydrogen-bond donors (Lipinski definition) is 1. The topological polar surface area (TPSA) is 136 Å². The molecular weight excluding hydrogens is 478 g/mol. The highest BCUT2D eigenvalue weighted by Gasteiger charge is 2.18. The molecule has 3 rings (SSSR count). The Morgan fingerprint density at radius 3 is 2.19 bits per heavy atom. The Labute approximate surface area is 190 Å². The molecule has 0 aliphatic heterocycles. The lowest BCUT2D eigenvalue weighted by Crippen LogP contribution is -2.14. The summed E-state index contributed by atoms with van der Waals surface area (Å²) in [7, 11) is -7.04. The lowest BCUT2D eigenvalue weighted by molar-refractivity contribution is -0.116. The SMILES string of the molecule is O=C(CCCS(=O)(=O)c1ccc(Cl)cc1)Nc1nnc(CCS(=O)(=O)c2ccccc2)o1. The molecule has 0 saturated carbocycles. The van der Waals surface area contributed by atoms with Crippen molar-refractivity contribution in [3.05, 3.63) is 65.5 Å². The van der Waals surface area contributed by atoms with Crippen molar-refractivity contribution in [3.8, 4) is 0 Å². The Balaban J connectivity index is 1.47. The molecule has 0 unspecified atom stereocenters. The van der Waals surface area contributed by atoms with Crippen molar-refractivity contribution in [3.63, 3.8) is 0 Å². The second kappa shape index (κ2) is 10.2. The molecule has 1 aromatic heterocycles. The highest BCUT2D eigenvalue weighted by Crippen LogP contribution is 2.17. The molecule has 0 radical (unpaired) electrons. The number of halogens is 1. The zero-order chi connectivity index (χ0) is 23.2. The summed E-state index contributed by atoms with van der Waals surface area (Å²) in [6, 6.07) is 13.6. The summed E-state index contributed by atoms with van der Waals surface area (Å²) in [5.74, 6) is -0.877. The summed E-state index contributed by atoms with van der Waals surface area (Å²) in [4.78, 5) is 12.4. The fourth-order valence-corrected chi connectivity index (χ4v) is 5.42. The van der Waals surface area contributed by atoms with Crippen LogP contribution < -0.4 is 5.32 Å². The van der Waals surface area contributed by atoms with Crippen LogP contribution in [-0.2, 0) is 30.9 Å². The number of aryl methyl sites for hydroxylation is 1. The van der Waals surface area contributed by atoms with E-state index in [1.54, 1.807) is 18.2 Å². The Bertz CT molecular complexity index is 1270. The first-order valence-electron chi connectivity index (χ1n) is 9.54. The van der Waals surface area contributed by atoms with Gasteiger partial charge in [0.25, 0.3) is 0 Å². The number of aromatic nitrogens is 2. The standard InChI is InChI=1S/C20H20ClN3O6S2/c21-15-8-10-17(11-9-15)31(26,27)13-4-7-18(25)22-20-24-23-19(30-20)12-14-32(28,29)16-5-2-1-3-6-16/h1-3,5-6,8-11H,4,7,12-14H2,(H,22,24,25). The van der Waals surface area contributed by atoms with Gasteiger partial charge in [0.05, 0.1) is 21.3 Å². The van der Waals surface area contributed by atoms with Crippen LogP contribution in [0.15, 0.2) is 68.8 Å². The molecular formula is C20H20ClN3O6S2. The van der Waals surface area contributed by atoms with E-state index in [2.05, 4.69) is 15.5 Å². The number of benzene rings is 2. The second-order valence-corrected chi connectivity index (χ2v) is 11.5. The van der Waals surface area contributed by atoms with Gasteiger partial charge in [0.2, 0.25) is 11.8 Å². The monoisotopic (exact) mass is 497 g/mol. The van der Waals surface area contributed by atoms with E-state index in [1.165, 1.54) is 36.4 Å². The molecule has 170 valence electrons. The van der Waals surface area contributed by atoms with Gasteiger partial charge in [-0.15, -0.1) is 5.10 Å². The van der Waals surface area contributed by atoms with Crippen LogP contribution in [-0.4, -0.2) is 44.4 Å². The smallest absolute Gasteiger partial charge is 0.322 e. The van der Waals surface area contributed by atoms with E-state index >= 15 is 0 Å². The molecule has 9 nitrogen and oxygen atoms in total. The molecule has 0 spiro atoms. The first-order chi connectivity index (χ1) is 15.2. The average molecular weight is 498 g/mol. The van der Waals surface area contributed by atoms with Gasteiger partial charge in [-0.25, -0.2) is 16.8 Å². The minimum absolute atomic E-state index is 0.0145. The van der Waals surface area contributed by atoms with Crippen LogP contribution in [0.5, 0.6) is 0 Å². The van der Waals surface area contributed by atoms with Crippen molar-refractivity contribution in [2.45, 2.75) is 29.1 Å². The van der Waals surface area contributed by atoms with Crippen LogP contribution in [0.1, 0.15) is 18.7 Å². The van der Waals surface area contributed by atoms with Crippen LogP contribution in [0.3, 0.4) is 0 Å². The van der Waals surface area contributed by atoms with E-state index in [-0.39, 0.29) is 52.5 Å². The number of anilines is 1. The summed E-state index contributed by atoms with van der Waals surface area (Å²) in [6.45, 7) is 0. The lowest BCUT2D eigenvalue weighted by atomic mass is 10.3. The van der Waals surface area contributed by atoms with E-state index in [1.807, 2.05) is 0 Å². The number of carbonyl (C=O) groups is 1. The molecule has 0 fully saturated rings. The number of sulfone groups is 2. The molecule has 1 N–H and O–H groups in total. The highest BCUT2D eigenvalue weighted by molar-refractivity contribution is 7.91. The van der Waals surface area contributed by atoms with E-state index in [0.717, 1.165) is 0 Å². The molecule has 1 heterocycles. The second-order valence-electron chi connectivity index (χ2n) is 6.81. The molecule has 3 aromatic rings. The van der Waals surface area contributed by atoms with E-state index < -0.39 is 25.6 Å². The van der Waals surface area contributed by atoms with E-state index in [0.29, 0.717) is 5.02 Å². The van der Waals surface area contributed by atoms with Gasteiger partial charge in [-0.3, -0.25) is 10.1 Å². The maximum absolute atomic E-state index is 12.3. The molecule has 2 aromatic carbocycles. The fraction of sp³-hybridized carbons (Fsp3) is 0.250. The summed E-state index contributed by atoms with van der Waals surface area (Å²) in [5, 5.41) is 10.2. The molecule has 32 heavy (non-hydrogen) atoms. The van der Waals surface area contributed by atoms with Crippen molar-refractivity contribution in [2.24, 2.45) is 0 Å². The third kappa shape index (κ3) is 6.62. The fourth-order valence-electron chi connectivity index (χ4n) is 2.74. The normalized spacial score (nSPS) is 11.9. The summed E-state index contributed by atoms with van der Waals surface area (Å²) >= 11 is 5.76. The third-order valence-corrected chi connectivity index (χ3v) is 8.19. The van der Waals surface area contributed by atoms with E-state index in [9.17, 15) is 21.6 Å². The van der Waals surface area contributed by atoms with Crippen LogP contribution in [0, 0.1) is 0 Å². The minimum Gasteiger partial charge on any atom is -0.408 e. The van der Waals surface area contributed by atoms with Gasteiger partial charge in [-0.05, 0) is 42.8 Å². The number of amides is 1. The lowest BCUT2D eigenvalue weighted by Gasteiger charge is -2.04. The maximum atomic E-state index is 12.3. The average Bonchev–Trinajstić information content (AvgIpc) is 3.20.